The molecule has 88 heavy (non-hydrogen) atoms. The maximum absolute atomic E-state index is 15.3. The number of amides is 9. The Labute approximate surface area is 515 Å². The summed E-state index contributed by atoms with van der Waals surface area (Å²) in [6.07, 6.45) is -7.82. The third-order valence-electron chi connectivity index (χ3n) is 14.7. The van der Waals surface area contributed by atoms with Crippen LogP contribution in [0.5, 0.6) is 11.5 Å². The van der Waals surface area contributed by atoms with Gasteiger partial charge in [-0.05, 0) is 79.8 Å². The monoisotopic (exact) mass is 1270 g/mol. The number of hydrogen-bond acceptors (Lipinski definition) is 21. The van der Waals surface area contributed by atoms with Crippen molar-refractivity contribution in [1.82, 2.24) is 52.8 Å². The highest BCUT2D eigenvalue weighted by molar-refractivity contribution is 8.17. The van der Waals surface area contributed by atoms with Gasteiger partial charge in [0.15, 0.2) is 0 Å². The van der Waals surface area contributed by atoms with Crippen LogP contribution in [-0.4, -0.2) is 209 Å². The number of likely N-dealkylation sites (tertiary alicyclic amines) is 1. The van der Waals surface area contributed by atoms with Crippen molar-refractivity contribution in [3.8, 4) is 11.5 Å². The molecule has 14 atom stereocenters. The fraction of sp³-hybridized carbons (Fsp3) is 0.589. The van der Waals surface area contributed by atoms with Crippen molar-refractivity contribution in [2.24, 2.45) is 23.3 Å². The molecular weight excluding hydrogens is 1190 g/mol. The SMILES string of the molecule is CC(C)C[C@H](N[C@H](O)[C@@H]1CSC2(c3ccc(O)cc3)C[C@H](NC(=O)[C@H](CC(=O)O)N[C@H](O)[C@@H](NC(=O)[C@@H]3CCCN3C(=O)[C@@H](N)CC(C)C)CS2)C(=O)N[C@@H](Cc2ccc(O)cc2)C(=O)NCC(=O)N[C@@H](C(C)O)C(=O)N1)C(=O)N[C@@H](CC(=O)O)C(N)=O. The van der Waals surface area contributed by atoms with Crippen molar-refractivity contribution in [1.29, 1.82) is 0 Å². The number of carboxylic acid groups (broad SMARTS) is 2. The molecule has 0 aromatic heterocycles. The second-order valence-corrected chi connectivity index (χ2v) is 25.8. The van der Waals surface area contributed by atoms with E-state index in [2.05, 4.69) is 47.9 Å². The van der Waals surface area contributed by atoms with Crippen molar-refractivity contribution in [3.05, 3.63) is 59.7 Å². The lowest BCUT2D eigenvalue weighted by molar-refractivity contribution is -0.141. The lowest BCUT2D eigenvalue weighted by Crippen LogP contribution is -2.62. The van der Waals surface area contributed by atoms with Crippen LogP contribution in [0, 0.1) is 11.8 Å². The van der Waals surface area contributed by atoms with E-state index in [0.717, 1.165) is 30.4 Å². The zero-order valence-electron chi connectivity index (χ0n) is 49.3. The van der Waals surface area contributed by atoms with E-state index in [4.69, 9.17) is 11.5 Å². The van der Waals surface area contributed by atoms with E-state index in [0.29, 0.717) is 18.4 Å². The first-order chi connectivity index (χ1) is 41.4. The number of aliphatic carboxylic acids is 2. The first-order valence-electron chi connectivity index (χ1n) is 28.7. The summed E-state index contributed by atoms with van der Waals surface area (Å²) in [7, 11) is 0. The third kappa shape index (κ3) is 20.9. The second kappa shape index (κ2) is 32.8. The van der Waals surface area contributed by atoms with Gasteiger partial charge in [0.05, 0.1) is 59.8 Å². The molecule has 2 bridgehead atoms. The average Bonchev–Trinajstić information content (AvgIpc) is 3.57. The number of thioether (sulfide) groups is 2. The molecule has 2 aromatic carbocycles. The normalized spacial score (nSPS) is 26.2. The minimum atomic E-state index is -2.05. The number of aromatic hydroxyl groups is 2. The molecule has 3 aliphatic rings. The molecule has 0 aliphatic carbocycles. The Hall–Kier alpha value is -7.33. The summed E-state index contributed by atoms with van der Waals surface area (Å²) in [5.41, 5.74) is 12.3. The molecule has 3 aliphatic heterocycles. The lowest BCUT2D eigenvalue weighted by atomic mass is 10.0. The Balaban J connectivity index is 1.75. The Morgan fingerprint density at radius 1 is 0.761 bits per heavy atom. The molecule has 32 heteroatoms. The van der Waals surface area contributed by atoms with Gasteiger partial charge in [0.1, 0.15) is 54.2 Å². The van der Waals surface area contributed by atoms with Gasteiger partial charge in [-0.15, -0.1) is 23.5 Å². The van der Waals surface area contributed by atoms with E-state index in [-0.39, 0.29) is 54.7 Å². The summed E-state index contributed by atoms with van der Waals surface area (Å²) in [5, 5.41) is 99.1. The molecule has 2 unspecified atom stereocenters. The topological polar surface area (TPSA) is 493 Å². The molecule has 20 N–H and O–H groups in total. The Kier molecular flexibility index (Phi) is 26.6. The molecule has 486 valence electrons. The number of carbonyl (C=O) groups is 11. The molecule has 5 rings (SSSR count). The van der Waals surface area contributed by atoms with Crippen LogP contribution in [0.2, 0.25) is 0 Å². The summed E-state index contributed by atoms with van der Waals surface area (Å²) in [6.45, 7) is 7.58. The van der Waals surface area contributed by atoms with Crippen LogP contribution in [0.15, 0.2) is 48.5 Å². The van der Waals surface area contributed by atoms with Gasteiger partial charge in [0.2, 0.25) is 53.2 Å². The number of carboxylic acids is 2. The highest BCUT2D eigenvalue weighted by Crippen LogP contribution is 2.51. The number of aliphatic hydroxyl groups excluding tert-OH is 3. The molecule has 2 aromatic rings. The number of nitrogens with two attached hydrogens (primary N) is 2. The lowest BCUT2D eigenvalue weighted by Gasteiger charge is -2.39. The zero-order valence-corrected chi connectivity index (χ0v) is 50.9. The largest absolute Gasteiger partial charge is 0.508 e. The quantitative estimate of drug-likeness (QED) is 0.0533. The first-order valence-corrected chi connectivity index (χ1v) is 30.6. The predicted molar refractivity (Wildman–Crippen MR) is 319 cm³/mol. The van der Waals surface area contributed by atoms with E-state index in [1.807, 2.05) is 13.8 Å². The van der Waals surface area contributed by atoms with Crippen LogP contribution >= 0.6 is 23.5 Å². The number of nitrogens with one attached hydrogen (secondary N) is 9. The van der Waals surface area contributed by atoms with Crippen molar-refractivity contribution >= 4 is 88.6 Å². The average molecular weight is 1280 g/mol. The second-order valence-electron chi connectivity index (χ2n) is 22.9. The summed E-state index contributed by atoms with van der Waals surface area (Å²) >= 11 is 1.76. The van der Waals surface area contributed by atoms with Crippen molar-refractivity contribution in [2.75, 3.05) is 24.6 Å². The van der Waals surface area contributed by atoms with Gasteiger partial charge in [0.25, 0.3) is 0 Å². The number of aliphatic hydroxyl groups is 3. The summed E-state index contributed by atoms with van der Waals surface area (Å²) < 4.78 is -1.82. The van der Waals surface area contributed by atoms with Crippen molar-refractivity contribution in [2.45, 2.75) is 169 Å². The van der Waals surface area contributed by atoms with E-state index in [9.17, 15) is 83.7 Å². The van der Waals surface area contributed by atoms with Crippen molar-refractivity contribution in [3.63, 3.8) is 0 Å². The van der Waals surface area contributed by atoms with E-state index >= 15 is 4.79 Å². The molecule has 0 saturated carbocycles. The van der Waals surface area contributed by atoms with Gasteiger partial charge < -0.3 is 89.3 Å². The number of rotatable bonds is 21. The number of hydrogen-bond donors (Lipinski definition) is 18. The van der Waals surface area contributed by atoms with Gasteiger partial charge in [-0.2, -0.15) is 0 Å². The van der Waals surface area contributed by atoms with Crippen LogP contribution < -0.4 is 59.3 Å². The Morgan fingerprint density at radius 2 is 1.39 bits per heavy atom. The molecule has 3 heterocycles. The van der Waals surface area contributed by atoms with Crippen LogP contribution in [0.3, 0.4) is 0 Å². The highest BCUT2D eigenvalue weighted by Gasteiger charge is 2.46. The number of fused-ring (bicyclic) bond motifs is 2. The first kappa shape index (κ1) is 71.4. The highest BCUT2D eigenvalue weighted by atomic mass is 32.2. The molecule has 0 radical (unpaired) electrons. The van der Waals surface area contributed by atoms with E-state index < -0.39 is 185 Å². The van der Waals surface area contributed by atoms with Crippen LogP contribution in [0.4, 0.5) is 0 Å². The number of nitrogens with zero attached hydrogens (tertiary/aromatic N) is 1. The molecule has 9 amide bonds. The van der Waals surface area contributed by atoms with Gasteiger partial charge in [0, 0.05) is 30.9 Å². The molecular formula is C56H82N12O18S2. The van der Waals surface area contributed by atoms with Gasteiger partial charge in [-0.25, -0.2) is 0 Å². The predicted octanol–water partition coefficient (Wildman–Crippen LogP) is -3.82. The van der Waals surface area contributed by atoms with E-state index in [1.54, 1.807) is 13.8 Å². The van der Waals surface area contributed by atoms with Gasteiger partial charge >= 0.3 is 11.9 Å². The molecule has 3 fully saturated rings. The maximum atomic E-state index is 15.3. The number of phenols is 2. The third-order valence-corrected chi connectivity index (χ3v) is 18.2. The maximum Gasteiger partial charge on any atom is 0.305 e. The van der Waals surface area contributed by atoms with Gasteiger partial charge in [-0.3, -0.25) is 63.4 Å². The van der Waals surface area contributed by atoms with Crippen LogP contribution in [-0.2, 0) is 63.2 Å². The number of primary amides is 1. The minimum absolute atomic E-state index is 0.0203. The van der Waals surface area contributed by atoms with Crippen LogP contribution in [0.1, 0.15) is 90.7 Å². The Morgan fingerprint density at radius 3 is 1.98 bits per heavy atom. The summed E-state index contributed by atoms with van der Waals surface area (Å²) in [5.74, 6) is -13.7. The van der Waals surface area contributed by atoms with Crippen molar-refractivity contribution < 1.29 is 88.5 Å². The minimum Gasteiger partial charge on any atom is -0.508 e. The molecule has 3 saturated heterocycles. The molecule has 0 spiro atoms. The van der Waals surface area contributed by atoms with E-state index in [1.165, 1.54) is 53.4 Å². The fourth-order valence-electron chi connectivity index (χ4n) is 10.2. The fourth-order valence-corrected chi connectivity index (χ4v) is 13.5. The smallest absolute Gasteiger partial charge is 0.305 e. The molecule has 30 nitrogen and oxygen atoms in total. The summed E-state index contributed by atoms with van der Waals surface area (Å²) in [4.78, 5) is 153. The van der Waals surface area contributed by atoms with Gasteiger partial charge in [-0.1, -0.05) is 52.0 Å². The number of benzene rings is 2. The number of phenolic OH excluding ortho intramolecular Hbond substituents is 2. The number of carbonyl (C=O) groups excluding carboxylic acids is 9. The summed E-state index contributed by atoms with van der Waals surface area (Å²) in [6, 6.07) is -4.72. The van der Waals surface area contributed by atoms with Crippen LogP contribution in [0.25, 0.3) is 0 Å². The standard InChI is InChI=1S/C56H82N12O18S2/c1-26(2)17-33(57)55(86)68-16-6-7-41(68)53(84)65-39-24-87-56(30-10-14-32(71)15-11-30)22-38(64-49(80)37(21-44(75)76)63-51(39)82)50(81)62-36(19-29-8-12-31(70)13-9-29)47(78)59-23-42(72)67-45(28(5)69)54(85)66-40(25-88-56)52(83)61-35(18-27(3)4)48(79)60-34(46(58)77)20-43(73)74/h8-15,26-28,33-41,45,51-52,61,63,69-71,82-83H,6-7,16-25,57H2,1-5H3,(H2,58,77)(H,59,78)(H,60,79)(H,62,81)(H,64,80)(H,65,84)(H,66,85)(H,67,72)(H,73,74)(H,75,76)/t28?,33-,34-,35-,36-,37-,38-,39-,40-,41-,45-,51+,52+,56?/m0/s1. The Bertz CT molecular complexity index is 2820. The zero-order chi connectivity index (χ0) is 65.3.